The lowest BCUT2D eigenvalue weighted by Crippen LogP contribution is -2.24. The Balaban J connectivity index is 1.87. The zero-order valence-electron chi connectivity index (χ0n) is 14.5. The van der Waals surface area contributed by atoms with Crippen molar-refractivity contribution in [1.82, 2.24) is 20.6 Å². The molecular weight excluding hydrogens is 334 g/mol. The molecule has 0 radical (unpaired) electrons. The molecule has 0 unspecified atom stereocenters. The number of H-pyrrole nitrogens is 1. The number of nitrogens with zero attached hydrogens (tertiary/aromatic N) is 3. The van der Waals surface area contributed by atoms with Crippen LogP contribution in [0.5, 0.6) is 11.5 Å². The highest BCUT2D eigenvalue weighted by atomic mass is 16.5. The predicted molar refractivity (Wildman–Crippen MR) is 95.2 cm³/mol. The van der Waals surface area contributed by atoms with Crippen LogP contribution in [0.15, 0.2) is 48.5 Å². The van der Waals surface area contributed by atoms with Crippen LogP contribution in [0.1, 0.15) is 17.3 Å². The fourth-order valence-electron chi connectivity index (χ4n) is 2.61. The quantitative estimate of drug-likeness (QED) is 0.675. The van der Waals surface area contributed by atoms with E-state index in [2.05, 4.69) is 25.9 Å². The molecule has 3 aromatic rings. The van der Waals surface area contributed by atoms with E-state index < -0.39 is 5.92 Å². The second-order valence-electron chi connectivity index (χ2n) is 5.56. The summed E-state index contributed by atoms with van der Waals surface area (Å²) in [5.41, 5.74) is 1.54. The molecule has 0 aliphatic carbocycles. The number of hydrogen-bond acceptors (Lipinski definition) is 6. The molecule has 0 aliphatic rings. The smallest absolute Gasteiger partial charge is 0.235 e. The first-order valence-electron chi connectivity index (χ1n) is 8.01. The molecule has 1 heterocycles. The summed E-state index contributed by atoms with van der Waals surface area (Å²) in [6, 6.07) is 14.7. The standard InChI is InChI=1S/C18H19N5O3/c1-25-14-9-8-12(16(11-14)26-2)10-15(17-20-22-23-21-17)18(24)19-13-6-4-3-5-7-13/h3-9,11,15H,10H2,1-2H3,(H,19,24)(H,20,21,22,23)/t15-/m0/s1. The Morgan fingerprint density at radius 2 is 1.96 bits per heavy atom. The number of hydrogen-bond donors (Lipinski definition) is 2. The summed E-state index contributed by atoms with van der Waals surface area (Å²) in [5.74, 6) is 0.767. The van der Waals surface area contributed by atoms with Gasteiger partial charge in [0.05, 0.1) is 14.2 Å². The predicted octanol–water partition coefficient (Wildman–Crippen LogP) is 2.18. The minimum atomic E-state index is -0.628. The van der Waals surface area contributed by atoms with Gasteiger partial charge in [0.25, 0.3) is 0 Å². The fourth-order valence-corrected chi connectivity index (χ4v) is 2.61. The molecule has 0 bridgehead atoms. The number of carbonyl (C=O) groups excluding carboxylic acids is 1. The van der Waals surface area contributed by atoms with Gasteiger partial charge in [0.2, 0.25) is 5.91 Å². The summed E-state index contributed by atoms with van der Waals surface area (Å²) >= 11 is 0. The minimum Gasteiger partial charge on any atom is -0.497 e. The van der Waals surface area contributed by atoms with Crippen LogP contribution < -0.4 is 14.8 Å². The zero-order chi connectivity index (χ0) is 18.4. The maximum atomic E-state index is 12.8. The van der Waals surface area contributed by atoms with Gasteiger partial charge in [-0.25, -0.2) is 0 Å². The third kappa shape index (κ3) is 3.97. The topological polar surface area (TPSA) is 102 Å². The first-order chi connectivity index (χ1) is 12.7. The summed E-state index contributed by atoms with van der Waals surface area (Å²) in [5, 5.41) is 16.8. The molecule has 8 heteroatoms. The van der Waals surface area contributed by atoms with Gasteiger partial charge in [-0.05, 0) is 30.2 Å². The number of anilines is 1. The van der Waals surface area contributed by atoms with Gasteiger partial charge >= 0.3 is 0 Å². The Morgan fingerprint density at radius 3 is 2.62 bits per heavy atom. The number of para-hydroxylation sites is 1. The molecule has 134 valence electrons. The van der Waals surface area contributed by atoms with Crippen molar-refractivity contribution in [2.24, 2.45) is 0 Å². The number of ether oxygens (including phenoxy) is 2. The van der Waals surface area contributed by atoms with Gasteiger partial charge in [-0.3, -0.25) is 4.79 Å². The number of aromatic nitrogens is 4. The molecule has 26 heavy (non-hydrogen) atoms. The van der Waals surface area contributed by atoms with E-state index in [-0.39, 0.29) is 5.91 Å². The summed E-state index contributed by atoms with van der Waals surface area (Å²) in [6.07, 6.45) is 0.353. The lowest BCUT2D eigenvalue weighted by atomic mass is 9.96. The Kier molecular flexibility index (Phi) is 5.43. The van der Waals surface area contributed by atoms with Crippen LogP contribution >= 0.6 is 0 Å². The average molecular weight is 353 g/mol. The van der Waals surface area contributed by atoms with E-state index in [4.69, 9.17) is 9.47 Å². The van der Waals surface area contributed by atoms with Gasteiger partial charge in [-0.2, -0.15) is 5.21 Å². The lowest BCUT2D eigenvalue weighted by molar-refractivity contribution is -0.117. The van der Waals surface area contributed by atoms with Crippen LogP contribution in [0.2, 0.25) is 0 Å². The first kappa shape index (κ1) is 17.4. The van der Waals surface area contributed by atoms with E-state index in [1.807, 2.05) is 42.5 Å². The lowest BCUT2D eigenvalue weighted by Gasteiger charge is -2.16. The van der Waals surface area contributed by atoms with E-state index in [1.54, 1.807) is 20.3 Å². The van der Waals surface area contributed by atoms with Gasteiger partial charge in [0.15, 0.2) is 5.82 Å². The van der Waals surface area contributed by atoms with Crippen molar-refractivity contribution in [1.29, 1.82) is 0 Å². The van der Waals surface area contributed by atoms with Gasteiger partial charge in [-0.15, -0.1) is 10.2 Å². The van der Waals surface area contributed by atoms with Crippen LogP contribution in [0.4, 0.5) is 5.69 Å². The number of tetrazole rings is 1. The van der Waals surface area contributed by atoms with E-state index in [9.17, 15) is 4.79 Å². The molecule has 8 nitrogen and oxygen atoms in total. The van der Waals surface area contributed by atoms with Crippen molar-refractivity contribution < 1.29 is 14.3 Å². The number of rotatable bonds is 7. The highest BCUT2D eigenvalue weighted by molar-refractivity contribution is 5.95. The highest BCUT2D eigenvalue weighted by Gasteiger charge is 2.27. The first-order valence-corrected chi connectivity index (χ1v) is 8.01. The van der Waals surface area contributed by atoms with Gasteiger partial charge in [-0.1, -0.05) is 29.5 Å². The molecular formula is C18H19N5O3. The molecule has 0 fully saturated rings. The second-order valence-corrected chi connectivity index (χ2v) is 5.56. The summed E-state index contributed by atoms with van der Waals surface area (Å²) in [4.78, 5) is 12.8. The summed E-state index contributed by atoms with van der Waals surface area (Å²) < 4.78 is 10.6. The van der Waals surface area contributed by atoms with Crippen LogP contribution in [0.3, 0.4) is 0 Å². The molecule has 1 atom stereocenters. The second kappa shape index (κ2) is 8.11. The van der Waals surface area contributed by atoms with Crippen molar-refractivity contribution in [2.45, 2.75) is 12.3 Å². The van der Waals surface area contributed by atoms with Crippen molar-refractivity contribution in [3.8, 4) is 11.5 Å². The summed E-state index contributed by atoms with van der Waals surface area (Å²) in [6.45, 7) is 0. The summed E-state index contributed by atoms with van der Waals surface area (Å²) in [7, 11) is 3.16. The maximum absolute atomic E-state index is 12.8. The zero-order valence-corrected chi connectivity index (χ0v) is 14.5. The third-order valence-corrected chi connectivity index (χ3v) is 3.95. The normalized spacial score (nSPS) is 11.6. The molecule has 3 rings (SSSR count). The number of nitrogens with one attached hydrogen (secondary N) is 2. The fraction of sp³-hybridized carbons (Fsp3) is 0.222. The number of aromatic amines is 1. The Morgan fingerprint density at radius 1 is 1.15 bits per heavy atom. The number of benzene rings is 2. The Hall–Kier alpha value is -3.42. The number of amides is 1. The largest absolute Gasteiger partial charge is 0.497 e. The molecule has 1 aromatic heterocycles. The Labute approximate surface area is 150 Å². The van der Waals surface area contributed by atoms with E-state index in [1.165, 1.54) is 0 Å². The minimum absolute atomic E-state index is 0.226. The SMILES string of the molecule is COc1ccc(C[C@H](C(=O)Nc2ccccc2)c2nn[nH]n2)c(OC)c1. The van der Waals surface area contributed by atoms with E-state index >= 15 is 0 Å². The van der Waals surface area contributed by atoms with Crippen LogP contribution in [0, 0.1) is 0 Å². The number of methoxy groups -OCH3 is 2. The van der Waals surface area contributed by atoms with E-state index in [0.717, 1.165) is 5.56 Å². The molecule has 1 amide bonds. The van der Waals surface area contributed by atoms with Gasteiger partial charge < -0.3 is 14.8 Å². The number of carbonyl (C=O) groups is 1. The average Bonchev–Trinajstić information content (AvgIpc) is 3.21. The molecule has 2 N–H and O–H groups in total. The molecule has 0 saturated heterocycles. The molecule has 0 spiro atoms. The van der Waals surface area contributed by atoms with Crippen molar-refractivity contribution in [2.75, 3.05) is 19.5 Å². The highest BCUT2D eigenvalue weighted by Crippen LogP contribution is 2.29. The monoisotopic (exact) mass is 353 g/mol. The Bertz CT molecular complexity index is 853. The van der Waals surface area contributed by atoms with Gasteiger partial charge in [0, 0.05) is 11.8 Å². The third-order valence-electron chi connectivity index (χ3n) is 3.95. The van der Waals surface area contributed by atoms with Crippen molar-refractivity contribution in [3.05, 3.63) is 59.9 Å². The molecule has 2 aromatic carbocycles. The van der Waals surface area contributed by atoms with Crippen LogP contribution in [-0.2, 0) is 11.2 Å². The van der Waals surface area contributed by atoms with Crippen molar-refractivity contribution in [3.63, 3.8) is 0 Å². The van der Waals surface area contributed by atoms with Crippen LogP contribution in [-0.4, -0.2) is 40.8 Å². The van der Waals surface area contributed by atoms with Crippen LogP contribution in [0.25, 0.3) is 0 Å². The molecule has 0 saturated carbocycles. The van der Waals surface area contributed by atoms with E-state index in [0.29, 0.717) is 29.4 Å². The van der Waals surface area contributed by atoms with Crippen molar-refractivity contribution >= 4 is 11.6 Å². The van der Waals surface area contributed by atoms with Gasteiger partial charge in [0.1, 0.15) is 17.4 Å². The molecule has 0 aliphatic heterocycles. The maximum Gasteiger partial charge on any atom is 0.235 e.